The number of aryl methyl sites for hydroxylation is 1. The summed E-state index contributed by atoms with van der Waals surface area (Å²) in [6, 6.07) is 4.18. The largest absolute Gasteiger partial charge is 0.476 e. The third kappa shape index (κ3) is 5.65. The zero-order chi connectivity index (χ0) is 26.8. The summed E-state index contributed by atoms with van der Waals surface area (Å²) < 4.78 is 21.8. The van der Waals surface area contributed by atoms with E-state index in [9.17, 15) is 39.6 Å². The molecule has 1 aromatic heterocycles. The van der Waals surface area contributed by atoms with Gasteiger partial charge in [-0.05, 0) is 24.6 Å². The number of nitrogens with one attached hydrogen (secondary N) is 1. The highest BCUT2D eigenvalue weighted by Gasteiger charge is 2.58. The molecule has 3 rings (SSSR count). The van der Waals surface area contributed by atoms with Crippen molar-refractivity contribution in [3.63, 3.8) is 0 Å². The van der Waals surface area contributed by atoms with E-state index < -0.39 is 72.7 Å². The van der Waals surface area contributed by atoms with Gasteiger partial charge >= 0.3 is 23.4 Å². The van der Waals surface area contributed by atoms with Gasteiger partial charge in [0.2, 0.25) is 5.91 Å². The Morgan fingerprint density at radius 1 is 1.22 bits per heavy atom. The number of aliphatic carboxylic acids is 1. The highest BCUT2D eigenvalue weighted by Crippen LogP contribution is 2.37. The molecule has 196 valence electrons. The predicted molar refractivity (Wildman–Crippen MR) is 120 cm³/mol. The van der Waals surface area contributed by atoms with Crippen LogP contribution in [0.25, 0.3) is 11.0 Å². The van der Waals surface area contributed by atoms with Crippen LogP contribution in [0.1, 0.15) is 25.8 Å². The number of hydrogen-bond donors (Lipinski definition) is 5. The van der Waals surface area contributed by atoms with Crippen LogP contribution in [0.2, 0.25) is 0 Å². The van der Waals surface area contributed by atoms with Gasteiger partial charge in [0.15, 0.2) is 0 Å². The summed E-state index contributed by atoms with van der Waals surface area (Å²) in [6.07, 6.45) is -7.45. The normalized spacial score (nSPS) is 25.6. The van der Waals surface area contributed by atoms with E-state index in [1.807, 2.05) is 0 Å². The van der Waals surface area contributed by atoms with Gasteiger partial charge < -0.3 is 44.4 Å². The first-order valence-corrected chi connectivity index (χ1v) is 10.9. The van der Waals surface area contributed by atoms with Crippen molar-refractivity contribution in [3.8, 4) is 5.75 Å². The molecule has 5 N–H and O–H groups in total. The van der Waals surface area contributed by atoms with Crippen LogP contribution in [0, 0.1) is 6.92 Å². The number of esters is 1. The Kier molecular flexibility index (Phi) is 7.99. The Morgan fingerprint density at radius 3 is 2.50 bits per heavy atom. The van der Waals surface area contributed by atoms with Crippen LogP contribution in [0.5, 0.6) is 5.75 Å². The Balaban J connectivity index is 2.09. The van der Waals surface area contributed by atoms with Crippen molar-refractivity contribution in [2.45, 2.75) is 63.4 Å². The lowest BCUT2D eigenvalue weighted by molar-refractivity contribution is -0.286. The van der Waals surface area contributed by atoms with E-state index in [4.69, 9.17) is 18.6 Å². The van der Waals surface area contributed by atoms with Crippen LogP contribution < -0.4 is 15.7 Å². The Morgan fingerprint density at radius 2 is 1.92 bits per heavy atom. The lowest BCUT2D eigenvalue weighted by atomic mass is 9.88. The highest BCUT2D eigenvalue weighted by molar-refractivity contribution is 5.82. The Bertz CT molecular complexity index is 1210. The smallest absolute Gasteiger partial charge is 0.377 e. The first kappa shape index (κ1) is 27.1. The van der Waals surface area contributed by atoms with Gasteiger partial charge in [-0.25, -0.2) is 9.59 Å². The summed E-state index contributed by atoms with van der Waals surface area (Å²) in [5, 5.41) is 43.1. The number of rotatable bonds is 8. The van der Waals surface area contributed by atoms with E-state index >= 15 is 0 Å². The van der Waals surface area contributed by atoms with Gasteiger partial charge in [0.1, 0.15) is 35.7 Å². The molecule has 13 heteroatoms. The molecule has 1 aliphatic heterocycles. The molecular formula is C23H27NO12. The van der Waals surface area contributed by atoms with Crippen LogP contribution in [0.3, 0.4) is 0 Å². The number of hydrogen-bond acceptors (Lipinski definition) is 11. The van der Waals surface area contributed by atoms with Gasteiger partial charge in [-0.3, -0.25) is 9.59 Å². The minimum Gasteiger partial charge on any atom is -0.476 e. The summed E-state index contributed by atoms with van der Waals surface area (Å²) >= 11 is 0. The number of aliphatic hydroxyl groups excluding tert-OH is 3. The van der Waals surface area contributed by atoms with Gasteiger partial charge in [0.05, 0.1) is 19.1 Å². The second-order valence-electron chi connectivity index (χ2n) is 8.47. The molecule has 36 heavy (non-hydrogen) atoms. The summed E-state index contributed by atoms with van der Waals surface area (Å²) in [7, 11) is 0. The lowest BCUT2D eigenvalue weighted by Gasteiger charge is -2.47. The van der Waals surface area contributed by atoms with Crippen molar-refractivity contribution >= 4 is 28.8 Å². The molecule has 0 saturated carbocycles. The maximum absolute atomic E-state index is 12.5. The van der Waals surface area contributed by atoms with Gasteiger partial charge in [-0.15, -0.1) is 0 Å². The summed E-state index contributed by atoms with van der Waals surface area (Å²) in [6.45, 7) is 2.96. The molecule has 13 nitrogen and oxygen atoms in total. The van der Waals surface area contributed by atoms with Crippen molar-refractivity contribution in [2.24, 2.45) is 0 Å². The summed E-state index contributed by atoms with van der Waals surface area (Å²) in [4.78, 5) is 47.9. The average Bonchev–Trinajstić information content (AvgIpc) is 2.78. The molecule has 2 aromatic rings. The molecular weight excluding hydrogens is 482 g/mol. The van der Waals surface area contributed by atoms with Gasteiger partial charge in [-0.1, -0.05) is 0 Å². The fraction of sp³-hybridized carbons (Fsp3) is 0.478. The minimum atomic E-state index is -2.59. The number of carbonyl (C=O) groups is 3. The molecule has 6 atom stereocenters. The van der Waals surface area contributed by atoms with Crippen LogP contribution in [0.15, 0.2) is 33.5 Å². The van der Waals surface area contributed by atoms with Crippen molar-refractivity contribution < 1.29 is 53.4 Å². The molecule has 1 fully saturated rings. The van der Waals surface area contributed by atoms with E-state index in [1.165, 1.54) is 24.3 Å². The fourth-order valence-corrected chi connectivity index (χ4v) is 4.10. The molecule has 1 aliphatic rings. The number of ether oxygens (including phenoxy) is 3. The number of carbonyl (C=O) groups excluding carboxylic acids is 2. The van der Waals surface area contributed by atoms with Gasteiger partial charge in [0, 0.05) is 31.4 Å². The van der Waals surface area contributed by atoms with E-state index in [-0.39, 0.29) is 11.3 Å². The van der Waals surface area contributed by atoms with E-state index in [2.05, 4.69) is 5.32 Å². The number of aliphatic hydroxyl groups is 3. The second kappa shape index (κ2) is 10.6. The minimum absolute atomic E-state index is 0.103. The molecule has 0 radical (unpaired) electrons. The quantitative estimate of drug-likeness (QED) is 0.219. The molecule has 1 aromatic carbocycles. The number of carboxylic acids is 1. The first-order valence-electron chi connectivity index (χ1n) is 10.9. The van der Waals surface area contributed by atoms with Crippen molar-refractivity contribution in [1.29, 1.82) is 0 Å². The molecule has 1 amide bonds. The monoisotopic (exact) mass is 509 g/mol. The molecule has 0 spiro atoms. The summed E-state index contributed by atoms with van der Waals surface area (Å²) in [5.41, 5.74) is 0.0889. The van der Waals surface area contributed by atoms with Crippen LogP contribution in [-0.2, 0) is 23.9 Å². The zero-order valence-electron chi connectivity index (χ0n) is 19.7. The van der Waals surface area contributed by atoms with Gasteiger partial charge in [0.25, 0.3) is 0 Å². The lowest BCUT2D eigenvalue weighted by Crippen LogP contribution is -2.69. The molecule has 2 heterocycles. The third-order valence-corrected chi connectivity index (χ3v) is 5.69. The van der Waals surface area contributed by atoms with E-state index in [0.717, 1.165) is 13.8 Å². The highest BCUT2D eigenvalue weighted by atomic mass is 16.7. The molecule has 0 aliphatic carbocycles. The van der Waals surface area contributed by atoms with E-state index in [1.54, 1.807) is 6.92 Å². The fourth-order valence-electron chi connectivity index (χ4n) is 4.10. The van der Waals surface area contributed by atoms with E-state index in [0.29, 0.717) is 10.9 Å². The van der Waals surface area contributed by atoms with Crippen molar-refractivity contribution in [1.82, 2.24) is 5.32 Å². The molecule has 0 bridgehead atoms. The zero-order valence-corrected chi connectivity index (χ0v) is 19.7. The van der Waals surface area contributed by atoms with Crippen molar-refractivity contribution in [3.05, 3.63) is 40.2 Å². The second-order valence-corrected chi connectivity index (χ2v) is 8.47. The molecule has 0 unspecified atom stereocenters. The SMILES string of the molecule is CC(=O)N[C@H]1[C@H]([C@H](O)[C@H](O)CO)O[C@@](Oc2ccc3c(C)cc(=O)oc3c2)(C(=O)O)C[C@@H]1OC(C)=O. The Labute approximate surface area is 204 Å². The summed E-state index contributed by atoms with van der Waals surface area (Å²) in [5.74, 6) is -5.82. The number of fused-ring (bicyclic) bond motifs is 1. The standard InChI is InChI=1S/C23H27NO12/c1-10-6-18(29)34-16-7-13(4-5-14(10)16)35-23(22(31)32)8-17(33-12(3)27)19(24-11(2)26)21(36-23)20(30)15(28)9-25/h4-7,15,17,19-21,25,28,30H,8-9H2,1-3H3,(H,24,26)(H,31,32)/t15-,17+,19-,20-,21-,23-/m1/s1. The van der Waals surface area contributed by atoms with Crippen LogP contribution in [-0.4, -0.2) is 81.1 Å². The maximum atomic E-state index is 12.5. The Hall–Kier alpha value is -3.52. The van der Waals surface area contributed by atoms with Crippen LogP contribution in [0.4, 0.5) is 0 Å². The molecule has 1 saturated heterocycles. The maximum Gasteiger partial charge on any atom is 0.377 e. The first-order chi connectivity index (χ1) is 16.9. The third-order valence-electron chi connectivity index (χ3n) is 5.69. The predicted octanol–water partition coefficient (Wildman–Crippen LogP) is -0.799. The topological polar surface area (TPSA) is 202 Å². The van der Waals surface area contributed by atoms with Gasteiger partial charge in [-0.2, -0.15) is 0 Å². The van der Waals surface area contributed by atoms with Crippen LogP contribution >= 0.6 is 0 Å². The number of amides is 1. The average molecular weight is 509 g/mol. The van der Waals surface area contributed by atoms with Crippen molar-refractivity contribution in [2.75, 3.05) is 6.61 Å². The number of benzene rings is 1. The number of carboxylic acid groups (broad SMARTS) is 1.